The molecule has 0 N–H and O–H groups in total. The fraction of sp³-hybridized carbons (Fsp3) is 0.588. The normalized spacial score (nSPS) is 16.9. The second kappa shape index (κ2) is 8.32. The average molecular weight is 373 g/mol. The van der Waals surface area contributed by atoms with E-state index in [9.17, 15) is 13.2 Å². The molecule has 1 heterocycles. The highest BCUT2D eigenvalue weighted by Gasteiger charge is 2.28. The van der Waals surface area contributed by atoms with Gasteiger partial charge < -0.3 is 4.90 Å². The van der Waals surface area contributed by atoms with Crippen molar-refractivity contribution in [2.24, 2.45) is 0 Å². The summed E-state index contributed by atoms with van der Waals surface area (Å²) in [6.45, 7) is 5.70. The van der Waals surface area contributed by atoms with Crippen molar-refractivity contribution in [3.05, 3.63) is 28.8 Å². The second-order valence-electron chi connectivity index (χ2n) is 6.15. The van der Waals surface area contributed by atoms with Crippen molar-refractivity contribution in [2.45, 2.75) is 44.4 Å². The number of amides is 1. The lowest BCUT2D eigenvalue weighted by Crippen LogP contribution is -2.37. The highest BCUT2D eigenvalue weighted by molar-refractivity contribution is 7.89. The number of rotatable bonds is 5. The Hall–Kier alpha value is -1.11. The zero-order chi connectivity index (χ0) is 17.7. The highest BCUT2D eigenvalue weighted by Crippen LogP contribution is 2.23. The van der Waals surface area contributed by atoms with Gasteiger partial charge in [-0.15, -0.1) is 0 Å². The summed E-state index contributed by atoms with van der Waals surface area (Å²) in [5.74, 6) is 0.120. The number of halogens is 1. The number of carbonyl (C=O) groups is 1. The van der Waals surface area contributed by atoms with Gasteiger partial charge in [-0.05, 0) is 37.5 Å². The zero-order valence-electron chi connectivity index (χ0n) is 14.3. The van der Waals surface area contributed by atoms with Gasteiger partial charge in [-0.3, -0.25) is 4.79 Å². The quantitative estimate of drug-likeness (QED) is 0.798. The molecule has 1 aromatic carbocycles. The van der Waals surface area contributed by atoms with Crippen LogP contribution in [0.4, 0.5) is 0 Å². The van der Waals surface area contributed by atoms with E-state index in [0.717, 1.165) is 18.4 Å². The Morgan fingerprint density at radius 2 is 1.96 bits per heavy atom. The van der Waals surface area contributed by atoms with Gasteiger partial charge >= 0.3 is 0 Å². The minimum absolute atomic E-state index is 0.120. The van der Waals surface area contributed by atoms with Gasteiger partial charge in [-0.2, -0.15) is 4.31 Å². The Bertz CT molecular complexity index is 691. The van der Waals surface area contributed by atoms with Crippen LogP contribution in [0.3, 0.4) is 0 Å². The molecular weight excluding hydrogens is 348 g/mol. The monoisotopic (exact) mass is 372 g/mol. The summed E-state index contributed by atoms with van der Waals surface area (Å²) < 4.78 is 27.1. The standard InChI is InChI=1S/C17H25ClN2O3S/c1-3-4-6-17(21)19-9-5-10-20(12-11-19)24(22,23)15-8-7-14(2)16(18)13-15/h7-8,13H,3-6,9-12H2,1-2H3. The van der Waals surface area contributed by atoms with Crippen molar-refractivity contribution in [2.75, 3.05) is 26.2 Å². The fourth-order valence-corrected chi connectivity index (χ4v) is 4.49. The van der Waals surface area contributed by atoms with Gasteiger partial charge in [0.25, 0.3) is 0 Å². The van der Waals surface area contributed by atoms with Crippen LogP contribution in [0.1, 0.15) is 38.2 Å². The molecule has 0 bridgehead atoms. The Labute approximate surface area is 149 Å². The summed E-state index contributed by atoms with van der Waals surface area (Å²) in [4.78, 5) is 14.2. The first kappa shape index (κ1) is 19.2. The molecule has 0 saturated carbocycles. The molecule has 1 aliphatic rings. The fourth-order valence-electron chi connectivity index (χ4n) is 2.75. The zero-order valence-corrected chi connectivity index (χ0v) is 15.9. The maximum atomic E-state index is 12.8. The molecular formula is C17H25ClN2O3S. The summed E-state index contributed by atoms with van der Waals surface area (Å²) in [7, 11) is -3.58. The Balaban J connectivity index is 2.09. The number of nitrogens with zero attached hydrogens (tertiary/aromatic N) is 2. The van der Waals surface area contributed by atoms with Crippen LogP contribution in [0.15, 0.2) is 23.1 Å². The van der Waals surface area contributed by atoms with Crippen molar-refractivity contribution in [1.29, 1.82) is 0 Å². The first-order valence-corrected chi connectivity index (χ1v) is 10.2. The minimum Gasteiger partial charge on any atom is -0.341 e. The lowest BCUT2D eigenvalue weighted by atomic mass is 10.2. The largest absolute Gasteiger partial charge is 0.341 e. The maximum Gasteiger partial charge on any atom is 0.243 e. The second-order valence-corrected chi connectivity index (χ2v) is 8.50. The van der Waals surface area contributed by atoms with Crippen molar-refractivity contribution < 1.29 is 13.2 Å². The smallest absolute Gasteiger partial charge is 0.243 e. The molecule has 24 heavy (non-hydrogen) atoms. The van der Waals surface area contributed by atoms with Crippen molar-refractivity contribution >= 4 is 27.5 Å². The summed E-state index contributed by atoms with van der Waals surface area (Å²) in [6, 6.07) is 4.81. The molecule has 1 fully saturated rings. The van der Waals surface area contributed by atoms with Crippen LogP contribution in [0.5, 0.6) is 0 Å². The van der Waals surface area contributed by atoms with Crippen LogP contribution in [-0.2, 0) is 14.8 Å². The van der Waals surface area contributed by atoms with Gasteiger partial charge in [-0.1, -0.05) is 31.0 Å². The van der Waals surface area contributed by atoms with Gasteiger partial charge in [0.15, 0.2) is 0 Å². The molecule has 134 valence electrons. The topological polar surface area (TPSA) is 57.7 Å². The first-order chi connectivity index (χ1) is 11.4. The number of carbonyl (C=O) groups excluding carboxylic acids is 1. The third-order valence-corrected chi connectivity index (χ3v) is 6.63. The number of hydrogen-bond donors (Lipinski definition) is 0. The first-order valence-electron chi connectivity index (χ1n) is 8.40. The minimum atomic E-state index is -3.58. The number of benzene rings is 1. The molecule has 7 heteroatoms. The average Bonchev–Trinajstić information content (AvgIpc) is 2.81. The van der Waals surface area contributed by atoms with Crippen LogP contribution in [0.2, 0.25) is 5.02 Å². The van der Waals surface area contributed by atoms with E-state index in [1.807, 2.05) is 6.92 Å². The molecule has 0 atom stereocenters. The van der Waals surface area contributed by atoms with Crippen molar-refractivity contribution in [3.63, 3.8) is 0 Å². The summed E-state index contributed by atoms with van der Waals surface area (Å²) >= 11 is 6.07. The lowest BCUT2D eigenvalue weighted by Gasteiger charge is -2.22. The number of sulfonamides is 1. The molecule has 0 spiro atoms. The van der Waals surface area contributed by atoms with Gasteiger partial charge in [0, 0.05) is 37.6 Å². The van der Waals surface area contributed by atoms with Gasteiger partial charge in [0.2, 0.25) is 15.9 Å². The summed E-state index contributed by atoms with van der Waals surface area (Å²) in [5, 5.41) is 0.447. The molecule has 0 radical (unpaired) electrons. The van der Waals surface area contributed by atoms with Gasteiger partial charge in [-0.25, -0.2) is 8.42 Å². The van der Waals surface area contributed by atoms with Crippen LogP contribution < -0.4 is 0 Å². The third kappa shape index (κ3) is 4.49. The molecule has 1 amide bonds. The number of aryl methyl sites for hydroxylation is 1. The molecule has 0 aliphatic carbocycles. The number of hydrogen-bond acceptors (Lipinski definition) is 3. The van der Waals surface area contributed by atoms with Gasteiger partial charge in [0.1, 0.15) is 0 Å². The van der Waals surface area contributed by atoms with E-state index < -0.39 is 10.0 Å². The van der Waals surface area contributed by atoms with Crippen LogP contribution in [0, 0.1) is 6.92 Å². The van der Waals surface area contributed by atoms with Crippen molar-refractivity contribution in [3.8, 4) is 0 Å². The summed E-state index contributed by atoms with van der Waals surface area (Å²) in [6.07, 6.45) is 3.04. The molecule has 2 rings (SSSR count). The van der Waals surface area contributed by atoms with E-state index in [1.165, 1.54) is 10.4 Å². The lowest BCUT2D eigenvalue weighted by molar-refractivity contribution is -0.131. The highest BCUT2D eigenvalue weighted by atomic mass is 35.5. The maximum absolute atomic E-state index is 12.8. The van der Waals surface area contributed by atoms with E-state index in [0.29, 0.717) is 44.0 Å². The van der Waals surface area contributed by atoms with E-state index in [2.05, 4.69) is 6.92 Å². The Kier molecular flexibility index (Phi) is 6.66. The molecule has 1 aliphatic heterocycles. The van der Waals surface area contributed by atoms with Crippen LogP contribution in [-0.4, -0.2) is 49.7 Å². The third-order valence-electron chi connectivity index (χ3n) is 4.33. The molecule has 1 saturated heterocycles. The SMILES string of the molecule is CCCCC(=O)N1CCCN(S(=O)(=O)c2ccc(C)c(Cl)c2)CC1. The molecule has 0 unspecified atom stereocenters. The Morgan fingerprint density at radius 1 is 1.21 bits per heavy atom. The molecule has 5 nitrogen and oxygen atoms in total. The predicted molar refractivity (Wildman–Crippen MR) is 95.7 cm³/mol. The van der Waals surface area contributed by atoms with E-state index in [-0.39, 0.29) is 10.8 Å². The van der Waals surface area contributed by atoms with E-state index in [4.69, 9.17) is 11.6 Å². The van der Waals surface area contributed by atoms with E-state index in [1.54, 1.807) is 17.0 Å². The summed E-state index contributed by atoms with van der Waals surface area (Å²) in [5.41, 5.74) is 0.846. The molecule has 1 aromatic rings. The van der Waals surface area contributed by atoms with Crippen molar-refractivity contribution in [1.82, 2.24) is 9.21 Å². The van der Waals surface area contributed by atoms with E-state index >= 15 is 0 Å². The Morgan fingerprint density at radius 3 is 2.62 bits per heavy atom. The predicted octanol–water partition coefficient (Wildman–Crippen LogP) is 3.06. The number of unbranched alkanes of at least 4 members (excludes halogenated alkanes) is 1. The van der Waals surface area contributed by atoms with Crippen LogP contribution in [0.25, 0.3) is 0 Å². The van der Waals surface area contributed by atoms with Crippen LogP contribution >= 0.6 is 11.6 Å². The molecule has 0 aromatic heterocycles. The van der Waals surface area contributed by atoms with Gasteiger partial charge in [0.05, 0.1) is 4.90 Å².